The number of hydrogen-bond acceptors (Lipinski definition) is 5. The number of anilines is 1. The van der Waals surface area contributed by atoms with Crippen LogP contribution in [0.4, 0.5) is 18.7 Å². The molecule has 1 aromatic heterocycles. The first kappa shape index (κ1) is 17.8. The van der Waals surface area contributed by atoms with E-state index in [1.807, 2.05) is 0 Å². The van der Waals surface area contributed by atoms with Gasteiger partial charge in [-0.15, -0.1) is 11.3 Å². The monoisotopic (exact) mass is 321 g/mol. The van der Waals surface area contributed by atoms with Gasteiger partial charge in [0.1, 0.15) is 5.60 Å². The predicted octanol–water partition coefficient (Wildman–Crippen LogP) is 3.32. The number of aryl methyl sites for hydroxylation is 1. The van der Waals surface area contributed by atoms with Gasteiger partial charge >= 0.3 is 6.09 Å². The fourth-order valence-corrected chi connectivity index (χ4v) is 2.59. The highest BCUT2D eigenvalue weighted by molar-refractivity contribution is 7.15. The number of halogens is 2. The van der Waals surface area contributed by atoms with E-state index in [9.17, 15) is 13.6 Å². The van der Waals surface area contributed by atoms with Crippen LogP contribution < -0.4 is 11.1 Å². The quantitative estimate of drug-likeness (QED) is 0.892. The number of rotatable bonds is 4. The van der Waals surface area contributed by atoms with Crippen LogP contribution in [0.5, 0.6) is 0 Å². The van der Waals surface area contributed by atoms with Gasteiger partial charge in [-0.2, -0.15) is 0 Å². The molecule has 1 heterocycles. The zero-order valence-corrected chi connectivity index (χ0v) is 13.6. The van der Waals surface area contributed by atoms with Crippen molar-refractivity contribution >= 4 is 22.6 Å². The number of alkyl halides is 2. The fraction of sp³-hybridized carbons (Fsp3) is 0.692. The van der Waals surface area contributed by atoms with E-state index in [-0.39, 0.29) is 6.42 Å². The lowest BCUT2D eigenvalue weighted by Gasteiger charge is -2.22. The van der Waals surface area contributed by atoms with Crippen molar-refractivity contribution < 1.29 is 18.3 Å². The van der Waals surface area contributed by atoms with Gasteiger partial charge in [-0.05, 0) is 34.6 Å². The molecule has 8 heteroatoms. The molecule has 5 nitrogen and oxygen atoms in total. The molecule has 1 aromatic rings. The second-order valence-corrected chi connectivity index (χ2v) is 7.22. The number of thiazole rings is 1. The van der Waals surface area contributed by atoms with Crippen molar-refractivity contribution in [1.82, 2.24) is 4.98 Å². The zero-order chi connectivity index (χ0) is 16.4. The molecular weight excluding hydrogens is 300 g/mol. The lowest BCUT2D eigenvalue weighted by atomic mass is 9.98. The Morgan fingerprint density at radius 1 is 1.43 bits per heavy atom. The first-order valence-corrected chi connectivity index (χ1v) is 7.26. The Kier molecular flexibility index (Phi) is 5.27. The smallest absolute Gasteiger partial charge is 0.413 e. The fourth-order valence-electron chi connectivity index (χ4n) is 1.46. The summed E-state index contributed by atoms with van der Waals surface area (Å²) >= 11 is 1.12. The van der Waals surface area contributed by atoms with Crippen molar-refractivity contribution in [3.8, 4) is 0 Å². The molecule has 1 atom stereocenters. The molecule has 0 fully saturated rings. The average Bonchev–Trinajstić information content (AvgIpc) is 2.54. The van der Waals surface area contributed by atoms with E-state index in [0.717, 1.165) is 11.3 Å². The van der Waals surface area contributed by atoms with E-state index in [1.165, 1.54) is 6.92 Å². The van der Waals surface area contributed by atoms with Gasteiger partial charge in [0.2, 0.25) is 0 Å². The minimum Gasteiger partial charge on any atom is -0.444 e. The van der Waals surface area contributed by atoms with Crippen LogP contribution in [0.25, 0.3) is 0 Å². The van der Waals surface area contributed by atoms with E-state index in [1.54, 1.807) is 27.7 Å². The molecule has 21 heavy (non-hydrogen) atoms. The largest absolute Gasteiger partial charge is 0.444 e. The molecule has 120 valence electrons. The summed E-state index contributed by atoms with van der Waals surface area (Å²) in [4.78, 5) is 16.4. The number of ether oxygens (including phenoxy) is 1. The molecule has 0 saturated carbocycles. The third-order valence-corrected chi connectivity index (χ3v) is 3.61. The second-order valence-electron chi connectivity index (χ2n) is 6.14. The van der Waals surface area contributed by atoms with Crippen LogP contribution in [-0.4, -0.2) is 28.6 Å². The summed E-state index contributed by atoms with van der Waals surface area (Å²) in [5.74, 6) is 0. The SMILES string of the molecule is Cc1nc(NC(=O)OC(C)(C)C)sc1CC(C)(N)C(F)F. The van der Waals surface area contributed by atoms with Crippen molar-refractivity contribution in [2.45, 2.75) is 58.6 Å². The topological polar surface area (TPSA) is 77.2 Å². The second kappa shape index (κ2) is 6.23. The standard InChI is InChI=1S/C13H21F2N3O2S/c1-7-8(6-13(5,16)9(14)15)21-10(17-7)18-11(19)20-12(2,3)4/h9H,6,16H2,1-5H3,(H,17,18,19). The first-order chi connectivity index (χ1) is 9.40. The maximum atomic E-state index is 12.8. The Morgan fingerprint density at radius 3 is 2.48 bits per heavy atom. The maximum absolute atomic E-state index is 12.8. The Hall–Kier alpha value is -1.28. The minimum atomic E-state index is -2.64. The van der Waals surface area contributed by atoms with E-state index >= 15 is 0 Å². The molecule has 0 aliphatic carbocycles. The number of nitrogens with one attached hydrogen (secondary N) is 1. The summed E-state index contributed by atoms with van der Waals surface area (Å²) in [6, 6.07) is 0. The van der Waals surface area contributed by atoms with Gasteiger partial charge in [0.25, 0.3) is 6.43 Å². The van der Waals surface area contributed by atoms with Crippen molar-refractivity contribution in [2.24, 2.45) is 5.73 Å². The van der Waals surface area contributed by atoms with Gasteiger partial charge in [0.05, 0.1) is 11.2 Å². The van der Waals surface area contributed by atoms with Gasteiger partial charge in [0.15, 0.2) is 5.13 Å². The number of aromatic nitrogens is 1. The van der Waals surface area contributed by atoms with Gasteiger partial charge in [-0.3, -0.25) is 5.32 Å². The molecule has 1 amide bonds. The molecule has 3 N–H and O–H groups in total. The van der Waals surface area contributed by atoms with E-state index in [2.05, 4.69) is 10.3 Å². The number of carbonyl (C=O) groups excluding carboxylic acids is 1. The van der Waals surface area contributed by atoms with Crippen LogP contribution in [0.1, 0.15) is 38.3 Å². The Labute approximate surface area is 126 Å². The van der Waals surface area contributed by atoms with Crippen LogP contribution in [0.3, 0.4) is 0 Å². The summed E-state index contributed by atoms with van der Waals surface area (Å²) in [7, 11) is 0. The Balaban J connectivity index is 2.77. The number of hydrogen-bond donors (Lipinski definition) is 2. The predicted molar refractivity (Wildman–Crippen MR) is 79.0 cm³/mol. The molecule has 1 rings (SSSR count). The molecule has 0 bridgehead atoms. The lowest BCUT2D eigenvalue weighted by molar-refractivity contribution is 0.0634. The number of carbonyl (C=O) groups is 1. The highest BCUT2D eigenvalue weighted by atomic mass is 32.1. The van der Waals surface area contributed by atoms with Crippen LogP contribution >= 0.6 is 11.3 Å². The molecule has 0 aliphatic rings. The third-order valence-electron chi connectivity index (χ3n) is 2.54. The summed E-state index contributed by atoms with van der Waals surface area (Å²) in [6.45, 7) is 8.21. The number of amides is 1. The highest BCUT2D eigenvalue weighted by Gasteiger charge is 2.32. The van der Waals surface area contributed by atoms with Gasteiger partial charge in [-0.25, -0.2) is 18.6 Å². The normalized spacial score (nSPS) is 14.9. The van der Waals surface area contributed by atoms with Crippen molar-refractivity contribution in [3.05, 3.63) is 10.6 Å². The summed E-state index contributed by atoms with van der Waals surface area (Å²) < 4.78 is 30.7. The molecule has 0 aromatic carbocycles. The van der Waals surface area contributed by atoms with Crippen molar-refractivity contribution in [3.63, 3.8) is 0 Å². The van der Waals surface area contributed by atoms with Crippen molar-refractivity contribution in [1.29, 1.82) is 0 Å². The zero-order valence-electron chi connectivity index (χ0n) is 12.8. The van der Waals surface area contributed by atoms with E-state index in [0.29, 0.717) is 15.7 Å². The molecule has 0 spiro atoms. The number of nitrogens with zero attached hydrogens (tertiary/aromatic N) is 1. The first-order valence-electron chi connectivity index (χ1n) is 6.44. The van der Waals surface area contributed by atoms with Gasteiger partial charge < -0.3 is 10.5 Å². The third kappa shape index (κ3) is 5.55. The van der Waals surface area contributed by atoms with Crippen molar-refractivity contribution in [2.75, 3.05) is 5.32 Å². The minimum absolute atomic E-state index is 0.00976. The summed E-state index contributed by atoms with van der Waals surface area (Å²) in [5, 5.41) is 2.80. The average molecular weight is 321 g/mol. The van der Waals surface area contributed by atoms with Crippen LogP contribution in [0.15, 0.2) is 0 Å². The van der Waals surface area contributed by atoms with Crippen LogP contribution in [0, 0.1) is 6.92 Å². The lowest BCUT2D eigenvalue weighted by Crippen LogP contribution is -2.45. The molecule has 0 saturated heterocycles. The van der Waals surface area contributed by atoms with Gasteiger partial charge in [-0.1, -0.05) is 0 Å². The van der Waals surface area contributed by atoms with Crippen LogP contribution in [0.2, 0.25) is 0 Å². The maximum Gasteiger partial charge on any atom is 0.413 e. The molecular formula is C13H21F2N3O2S. The molecule has 1 unspecified atom stereocenters. The Morgan fingerprint density at radius 2 is 2.00 bits per heavy atom. The summed E-state index contributed by atoms with van der Waals surface area (Å²) in [6.07, 6.45) is -3.28. The van der Waals surface area contributed by atoms with E-state index < -0.39 is 23.7 Å². The molecule has 0 aliphatic heterocycles. The Bertz CT molecular complexity index is 510. The number of nitrogens with two attached hydrogens (primary N) is 1. The summed E-state index contributed by atoms with van der Waals surface area (Å²) in [5.41, 5.74) is 3.90. The van der Waals surface area contributed by atoms with E-state index in [4.69, 9.17) is 10.5 Å². The van der Waals surface area contributed by atoms with Crippen LogP contribution in [-0.2, 0) is 11.2 Å². The highest BCUT2D eigenvalue weighted by Crippen LogP contribution is 2.28. The van der Waals surface area contributed by atoms with Gasteiger partial charge in [0, 0.05) is 11.3 Å². The molecule has 0 radical (unpaired) electrons.